The van der Waals surface area contributed by atoms with Crippen LogP contribution in [0.25, 0.3) is 0 Å². The molecule has 0 aromatic rings. The van der Waals surface area contributed by atoms with Crippen molar-refractivity contribution in [1.29, 1.82) is 0 Å². The van der Waals surface area contributed by atoms with Gasteiger partial charge in [-0.15, -0.1) is 0 Å². The van der Waals surface area contributed by atoms with Crippen LogP contribution in [0.2, 0.25) is 0 Å². The number of allylic oxidation sites excluding steroid dienone is 3. The zero-order valence-electron chi connectivity index (χ0n) is 4.75. The van der Waals surface area contributed by atoms with E-state index in [4.69, 9.17) is 11.6 Å². The first-order valence-electron chi connectivity index (χ1n) is 2.12. The van der Waals surface area contributed by atoms with Crippen LogP contribution in [0, 0.1) is 0 Å². The highest BCUT2D eigenvalue weighted by molar-refractivity contribution is 6.92. The number of nitrogens with zero attached hydrogens (tertiary/aromatic N) is 1. The highest BCUT2D eigenvalue weighted by atomic mass is 35.5. The Morgan fingerprint density at radius 3 is 3.00 bits per heavy atom. The SMILES string of the molecule is ClC1=NOC=CC=C1.P. The Bertz CT molecular complexity index is 162. The molecule has 0 radical (unpaired) electrons. The van der Waals surface area contributed by atoms with Crippen molar-refractivity contribution in [2.24, 2.45) is 5.16 Å². The van der Waals surface area contributed by atoms with E-state index in [9.17, 15) is 0 Å². The first-order valence-corrected chi connectivity index (χ1v) is 2.50. The van der Waals surface area contributed by atoms with Gasteiger partial charge in [-0.3, -0.25) is 0 Å². The van der Waals surface area contributed by atoms with E-state index in [0.29, 0.717) is 5.17 Å². The Balaban J connectivity index is 0.000000640. The monoisotopic (exact) mass is 163 g/mol. The van der Waals surface area contributed by atoms with Gasteiger partial charge in [0.1, 0.15) is 6.26 Å². The van der Waals surface area contributed by atoms with Gasteiger partial charge in [0.05, 0.1) is 0 Å². The molecule has 0 N–H and O–H groups in total. The normalized spacial score (nSPS) is 15.0. The van der Waals surface area contributed by atoms with Crippen molar-refractivity contribution in [3.05, 3.63) is 24.5 Å². The van der Waals surface area contributed by atoms with E-state index >= 15 is 0 Å². The van der Waals surface area contributed by atoms with Crippen LogP contribution in [0.3, 0.4) is 0 Å². The lowest BCUT2D eigenvalue weighted by molar-refractivity contribution is 0.270. The fourth-order valence-electron chi connectivity index (χ4n) is 0.327. The van der Waals surface area contributed by atoms with Gasteiger partial charge >= 0.3 is 0 Å². The van der Waals surface area contributed by atoms with Gasteiger partial charge in [-0.05, 0) is 12.2 Å². The third-order valence-electron chi connectivity index (χ3n) is 0.624. The molecule has 0 fully saturated rings. The molecule has 50 valence electrons. The molecule has 0 bridgehead atoms. The molecule has 0 saturated heterocycles. The summed E-state index contributed by atoms with van der Waals surface area (Å²) in [6.07, 6.45) is 6.55. The third-order valence-corrected chi connectivity index (χ3v) is 0.819. The van der Waals surface area contributed by atoms with Crippen LogP contribution in [0.5, 0.6) is 0 Å². The van der Waals surface area contributed by atoms with E-state index in [0.717, 1.165) is 0 Å². The maximum absolute atomic E-state index is 5.42. The number of oxime groups is 1. The van der Waals surface area contributed by atoms with Crippen molar-refractivity contribution in [1.82, 2.24) is 0 Å². The topological polar surface area (TPSA) is 21.6 Å². The fourth-order valence-corrected chi connectivity index (χ4v) is 0.439. The molecule has 1 unspecified atom stereocenters. The lowest BCUT2D eigenvalue weighted by Gasteiger charge is -1.82. The summed E-state index contributed by atoms with van der Waals surface area (Å²) in [4.78, 5) is 4.52. The molecule has 0 aliphatic carbocycles. The molecule has 0 spiro atoms. The maximum atomic E-state index is 5.42. The first-order chi connectivity index (χ1) is 3.89. The Morgan fingerprint density at radius 2 is 2.22 bits per heavy atom. The molecule has 4 heteroatoms. The Morgan fingerprint density at radius 1 is 1.44 bits per heavy atom. The lowest BCUT2D eigenvalue weighted by atomic mass is 10.5. The lowest BCUT2D eigenvalue weighted by Crippen LogP contribution is -1.76. The largest absolute Gasteiger partial charge is 0.363 e. The number of hydrogen-bond acceptors (Lipinski definition) is 2. The van der Waals surface area contributed by atoms with E-state index in [2.05, 4.69) is 9.99 Å². The Labute approximate surface area is 61.8 Å². The van der Waals surface area contributed by atoms with E-state index in [1.807, 2.05) is 0 Å². The molecule has 1 aliphatic rings. The van der Waals surface area contributed by atoms with Crippen molar-refractivity contribution in [3.8, 4) is 0 Å². The second-order valence-electron chi connectivity index (χ2n) is 1.21. The summed E-state index contributed by atoms with van der Waals surface area (Å²) >= 11 is 5.42. The van der Waals surface area contributed by atoms with Crippen LogP contribution in [0.4, 0.5) is 0 Å². The molecule has 0 saturated carbocycles. The van der Waals surface area contributed by atoms with Crippen molar-refractivity contribution >= 4 is 26.7 Å². The predicted octanol–water partition coefficient (Wildman–Crippen LogP) is 1.70. The molecule has 1 rings (SSSR count). The standard InChI is InChI=1S/C5H4ClNO.H3P/c6-5-3-1-2-4-8-7-5;/h1-4H;1H3. The predicted molar refractivity (Wildman–Crippen MR) is 43.8 cm³/mol. The van der Waals surface area contributed by atoms with Crippen LogP contribution in [0.15, 0.2) is 29.6 Å². The second kappa shape index (κ2) is 4.54. The van der Waals surface area contributed by atoms with Gasteiger partial charge < -0.3 is 4.84 Å². The smallest absolute Gasteiger partial charge is 0.168 e. The minimum Gasteiger partial charge on any atom is -0.363 e. The summed E-state index contributed by atoms with van der Waals surface area (Å²) in [7, 11) is 0. The van der Waals surface area contributed by atoms with Gasteiger partial charge in [-0.25, -0.2) is 0 Å². The Hall–Kier alpha value is -0.330. The molecule has 0 amide bonds. The molecular formula is C5H7ClNOP. The number of halogens is 1. The molecule has 0 aromatic heterocycles. The molecule has 9 heavy (non-hydrogen) atoms. The van der Waals surface area contributed by atoms with E-state index in [1.165, 1.54) is 6.26 Å². The average molecular weight is 164 g/mol. The number of hydrogen-bond donors (Lipinski definition) is 0. The summed E-state index contributed by atoms with van der Waals surface area (Å²) in [5.41, 5.74) is 0. The highest BCUT2D eigenvalue weighted by Crippen LogP contribution is 1.95. The van der Waals surface area contributed by atoms with Gasteiger partial charge in [-0.1, -0.05) is 22.8 Å². The van der Waals surface area contributed by atoms with Gasteiger partial charge in [0, 0.05) is 0 Å². The van der Waals surface area contributed by atoms with Gasteiger partial charge in [0.15, 0.2) is 5.17 Å². The van der Waals surface area contributed by atoms with Gasteiger partial charge in [0.25, 0.3) is 0 Å². The van der Waals surface area contributed by atoms with Crippen LogP contribution in [-0.2, 0) is 4.84 Å². The second-order valence-corrected chi connectivity index (χ2v) is 1.59. The van der Waals surface area contributed by atoms with Crippen LogP contribution >= 0.6 is 21.5 Å². The third kappa shape index (κ3) is 3.28. The quantitative estimate of drug-likeness (QED) is 0.498. The van der Waals surface area contributed by atoms with Crippen molar-refractivity contribution in [2.75, 3.05) is 0 Å². The summed E-state index contributed by atoms with van der Waals surface area (Å²) in [5.74, 6) is 0. The molecular weight excluding hydrogens is 156 g/mol. The van der Waals surface area contributed by atoms with E-state index in [-0.39, 0.29) is 9.90 Å². The number of rotatable bonds is 0. The Kier molecular flexibility index (Phi) is 4.37. The summed E-state index contributed by atoms with van der Waals surface area (Å²) in [6.45, 7) is 0. The average Bonchev–Trinajstić information content (AvgIpc) is 1.94. The maximum Gasteiger partial charge on any atom is 0.168 e. The first kappa shape index (κ1) is 8.67. The van der Waals surface area contributed by atoms with E-state index in [1.54, 1.807) is 18.2 Å². The van der Waals surface area contributed by atoms with Gasteiger partial charge in [0.2, 0.25) is 0 Å². The summed E-state index contributed by atoms with van der Waals surface area (Å²) < 4.78 is 0. The van der Waals surface area contributed by atoms with Crippen LogP contribution in [0.1, 0.15) is 0 Å². The summed E-state index contributed by atoms with van der Waals surface area (Å²) in [6, 6.07) is 0. The van der Waals surface area contributed by atoms with Crippen molar-refractivity contribution in [3.63, 3.8) is 0 Å². The minimum atomic E-state index is 0. The zero-order chi connectivity index (χ0) is 5.82. The summed E-state index contributed by atoms with van der Waals surface area (Å²) in [5, 5.41) is 3.79. The minimum absolute atomic E-state index is 0. The molecule has 0 aromatic carbocycles. The molecule has 1 heterocycles. The zero-order valence-corrected chi connectivity index (χ0v) is 6.92. The van der Waals surface area contributed by atoms with Crippen LogP contribution in [-0.4, -0.2) is 5.17 Å². The van der Waals surface area contributed by atoms with Gasteiger partial charge in [-0.2, -0.15) is 9.90 Å². The van der Waals surface area contributed by atoms with E-state index < -0.39 is 0 Å². The van der Waals surface area contributed by atoms with Crippen LogP contribution < -0.4 is 0 Å². The van der Waals surface area contributed by atoms with Crippen molar-refractivity contribution < 1.29 is 4.84 Å². The molecule has 1 aliphatic heterocycles. The van der Waals surface area contributed by atoms with Crippen molar-refractivity contribution in [2.45, 2.75) is 0 Å². The molecule has 2 nitrogen and oxygen atoms in total. The fraction of sp³-hybridized carbons (Fsp3) is 0. The highest BCUT2D eigenvalue weighted by Gasteiger charge is 1.86. The molecule has 1 atom stereocenters.